The van der Waals surface area contributed by atoms with Gasteiger partial charge in [-0.2, -0.15) is 4.98 Å². The van der Waals surface area contributed by atoms with Crippen LogP contribution in [0.25, 0.3) is 11.4 Å². The average Bonchev–Trinajstić information content (AvgIpc) is 3.42. The maximum Gasteiger partial charge on any atom is 0.225 e. The van der Waals surface area contributed by atoms with Crippen LogP contribution in [0.2, 0.25) is 0 Å². The standard InChI is InChI=1S/C22H26N2O5/c1-14-12-17(21-23-16(3)29-24-21)13-15(2)20(14)25-9-5-6-18-7-8-19(28-18)22(4)26-10-11-27-22/h7-8,12-13H,5-6,9-11H2,1-4H3. The number of rotatable bonds is 7. The van der Waals surface area contributed by atoms with Gasteiger partial charge in [-0.15, -0.1) is 0 Å². The zero-order chi connectivity index (χ0) is 20.4. The molecule has 0 unspecified atom stereocenters. The van der Waals surface area contributed by atoms with Crippen LogP contribution in [0.15, 0.2) is 33.2 Å². The Balaban J connectivity index is 1.33. The van der Waals surface area contributed by atoms with Gasteiger partial charge >= 0.3 is 0 Å². The molecule has 7 heteroatoms. The highest BCUT2D eigenvalue weighted by Gasteiger charge is 2.36. The van der Waals surface area contributed by atoms with E-state index in [0.29, 0.717) is 37.3 Å². The smallest absolute Gasteiger partial charge is 0.225 e. The zero-order valence-corrected chi connectivity index (χ0v) is 17.3. The second kappa shape index (κ2) is 8.00. The topological polar surface area (TPSA) is 79.8 Å². The van der Waals surface area contributed by atoms with Crippen LogP contribution in [0.1, 0.15) is 41.9 Å². The highest BCUT2D eigenvalue weighted by atomic mass is 16.7. The zero-order valence-electron chi connectivity index (χ0n) is 17.3. The van der Waals surface area contributed by atoms with E-state index in [-0.39, 0.29) is 0 Å². The molecule has 0 bridgehead atoms. The Morgan fingerprint density at radius 1 is 1.07 bits per heavy atom. The van der Waals surface area contributed by atoms with Crippen molar-refractivity contribution in [1.29, 1.82) is 0 Å². The average molecular weight is 398 g/mol. The number of nitrogens with zero attached hydrogens (tertiary/aromatic N) is 2. The van der Waals surface area contributed by atoms with E-state index >= 15 is 0 Å². The normalized spacial score (nSPS) is 15.7. The number of aromatic nitrogens is 2. The summed E-state index contributed by atoms with van der Waals surface area (Å²) < 4.78 is 28.3. The third-order valence-corrected chi connectivity index (χ3v) is 5.01. The fourth-order valence-corrected chi connectivity index (χ4v) is 3.56. The molecule has 0 saturated carbocycles. The molecule has 1 saturated heterocycles. The van der Waals surface area contributed by atoms with Crippen molar-refractivity contribution < 1.29 is 23.2 Å². The largest absolute Gasteiger partial charge is 0.493 e. The molecule has 4 rings (SSSR count). The van der Waals surface area contributed by atoms with E-state index in [2.05, 4.69) is 10.1 Å². The molecule has 3 aromatic rings. The van der Waals surface area contributed by atoms with Crippen molar-refractivity contribution in [2.45, 2.75) is 46.3 Å². The Morgan fingerprint density at radius 2 is 1.79 bits per heavy atom. The minimum Gasteiger partial charge on any atom is -0.493 e. The molecule has 0 N–H and O–H groups in total. The highest BCUT2D eigenvalue weighted by Crippen LogP contribution is 2.32. The lowest BCUT2D eigenvalue weighted by atomic mass is 10.1. The third-order valence-electron chi connectivity index (χ3n) is 5.01. The highest BCUT2D eigenvalue weighted by molar-refractivity contribution is 5.60. The molecule has 1 aliphatic rings. The molecular formula is C22H26N2O5. The van der Waals surface area contributed by atoms with Gasteiger partial charge in [0.15, 0.2) is 5.76 Å². The molecule has 1 fully saturated rings. The molecule has 7 nitrogen and oxygen atoms in total. The summed E-state index contributed by atoms with van der Waals surface area (Å²) in [5, 5.41) is 3.99. The Kier molecular flexibility index (Phi) is 5.43. The van der Waals surface area contributed by atoms with E-state index in [1.807, 2.05) is 45.0 Å². The molecule has 0 spiro atoms. The van der Waals surface area contributed by atoms with E-state index in [4.69, 9.17) is 23.2 Å². The minimum absolute atomic E-state index is 0.553. The Labute approximate surface area is 170 Å². The van der Waals surface area contributed by atoms with Crippen LogP contribution in [0.4, 0.5) is 0 Å². The summed E-state index contributed by atoms with van der Waals surface area (Å²) >= 11 is 0. The predicted octanol–water partition coefficient (Wildman–Crippen LogP) is 4.49. The maximum atomic E-state index is 6.06. The molecule has 1 aliphatic heterocycles. The first-order chi connectivity index (χ1) is 13.9. The van der Waals surface area contributed by atoms with Crippen LogP contribution in [-0.2, 0) is 21.7 Å². The van der Waals surface area contributed by atoms with Gasteiger partial charge in [-0.1, -0.05) is 5.16 Å². The van der Waals surface area contributed by atoms with Gasteiger partial charge in [0.2, 0.25) is 17.5 Å². The van der Waals surface area contributed by atoms with Gasteiger partial charge in [-0.25, -0.2) is 0 Å². The van der Waals surface area contributed by atoms with Crippen LogP contribution < -0.4 is 4.74 Å². The van der Waals surface area contributed by atoms with Gasteiger partial charge in [-0.05, 0) is 62.6 Å². The van der Waals surface area contributed by atoms with Crippen LogP contribution in [0.5, 0.6) is 5.75 Å². The van der Waals surface area contributed by atoms with Crippen molar-refractivity contribution in [2.24, 2.45) is 0 Å². The van der Waals surface area contributed by atoms with Crippen LogP contribution in [0, 0.1) is 20.8 Å². The number of aryl methyl sites for hydroxylation is 4. The monoisotopic (exact) mass is 398 g/mol. The van der Waals surface area contributed by atoms with Crippen molar-refractivity contribution in [2.75, 3.05) is 19.8 Å². The van der Waals surface area contributed by atoms with Gasteiger partial charge < -0.3 is 23.2 Å². The fraction of sp³-hybridized carbons (Fsp3) is 0.455. The lowest BCUT2D eigenvalue weighted by Crippen LogP contribution is -2.21. The molecule has 0 aliphatic carbocycles. The fourth-order valence-electron chi connectivity index (χ4n) is 3.56. The maximum absolute atomic E-state index is 6.06. The second-order valence-electron chi connectivity index (χ2n) is 7.44. The number of furan rings is 1. The molecule has 1 aromatic carbocycles. The van der Waals surface area contributed by atoms with Crippen LogP contribution in [0.3, 0.4) is 0 Å². The Bertz CT molecular complexity index is 962. The summed E-state index contributed by atoms with van der Waals surface area (Å²) in [4.78, 5) is 4.29. The quantitative estimate of drug-likeness (QED) is 0.543. The summed E-state index contributed by atoms with van der Waals surface area (Å²) in [6, 6.07) is 7.94. The van der Waals surface area contributed by atoms with E-state index < -0.39 is 5.79 Å². The van der Waals surface area contributed by atoms with Gasteiger partial charge in [0.25, 0.3) is 0 Å². The molecule has 154 valence electrons. The Morgan fingerprint density at radius 3 is 2.45 bits per heavy atom. The number of hydrogen-bond acceptors (Lipinski definition) is 7. The summed E-state index contributed by atoms with van der Waals surface area (Å²) in [6.07, 6.45) is 1.63. The first-order valence-electron chi connectivity index (χ1n) is 9.86. The van der Waals surface area contributed by atoms with Gasteiger partial charge in [0.1, 0.15) is 11.5 Å². The molecule has 0 atom stereocenters. The minimum atomic E-state index is -0.762. The third kappa shape index (κ3) is 4.21. The predicted molar refractivity (Wildman–Crippen MR) is 106 cm³/mol. The van der Waals surface area contributed by atoms with Crippen molar-refractivity contribution >= 4 is 0 Å². The number of benzene rings is 1. The molecule has 0 amide bonds. The van der Waals surface area contributed by atoms with Crippen LogP contribution in [-0.4, -0.2) is 30.0 Å². The SMILES string of the molecule is Cc1nc(-c2cc(C)c(OCCCc3ccc(C4(C)OCCO4)o3)c(C)c2)no1. The van der Waals surface area contributed by atoms with E-state index in [0.717, 1.165) is 41.0 Å². The first kappa shape index (κ1) is 19.7. The van der Waals surface area contributed by atoms with Gasteiger partial charge in [0, 0.05) is 18.9 Å². The summed E-state index contributed by atoms with van der Waals surface area (Å²) in [5.74, 6) is 2.90. The summed E-state index contributed by atoms with van der Waals surface area (Å²) in [6.45, 7) is 9.50. The number of ether oxygens (including phenoxy) is 3. The van der Waals surface area contributed by atoms with Crippen molar-refractivity contribution in [3.05, 3.63) is 52.8 Å². The van der Waals surface area contributed by atoms with Crippen molar-refractivity contribution in [3.8, 4) is 17.1 Å². The van der Waals surface area contributed by atoms with E-state index in [1.165, 1.54) is 0 Å². The van der Waals surface area contributed by atoms with Crippen LogP contribution >= 0.6 is 0 Å². The van der Waals surface area contributed by atoms with Crippen molar-refractivity contribution in [1.82, 2.24) is 10.1 Å². The number of hydrogen-bond donors (Lipinski definition) is 0. The summed E-state index contributed by atoms with van der Waals surface area (Å²) in [5.41, 5.74) is 3.02. The van der Waals surface area contributed by atoms with Gasteiger partial charge in [-0.3, -0.25) is 0 Å². The lowest BCUT2D eigenvalue weighted by Gasteiger charge is -2.19. The first-order valence-corrected chi connectivity index (χ1v) is 9.86. The molecule has 0 radical (unpaired) electrons. The van der Waals surface area contributed by atoms with Crippen molar-refractivity contribution in [3.63, 3.8) is 0 Å². The molecule has 29 heavy (non-hydrogen) atoms. The second-order valence-corrected chi connectivity index (χ2v) is 7.44. The Hall–Kier alpha value is -2.64. The molecule has 2 aromatic heterocycles. The molecular weight excluding hydrogens is 372 g/mol. The van der Waals surface area contributed by atoms with E-state index in [9.17, 15) is 0 Å². The van der Waals surface area contributed by atoms with E-state index in [1.54, 1.807) is 6.92 Å². The lowest BCUT2D eigenvalue weighted by molar-refractivity contribution is -0.163. The van der Waals surface area contributed by atoms with Gasteiger partial charge in [0.05, 0.1) is 19.8 Å². The molecule has 3 heterocycles. The summed E-state index contributed by atoms with van der Waals surface area (Å²) in [7, 11) is 0.